The molecule has 1 aromatic carbocycles. The number of rotatable bonds is 5. The highest BCUT2D eigenvalue weighted by Gasteiger charge is 2.23. The van der Waals surface area contributed by atoms with E-state index in [1.807, 2.05) is 0 Å². The van der Waals surface area contributed by atoms with Gasteiger partial charge >= 0.3 is 0 Å². The van der Waals surface area contributed by atoms with Gasteiger partial charge in [-0.3, -0.25) is 9.69 Å². The van der Waals surface area contributed by atoms with E-state index >= 15 is 0 Å². The van der Waals surface area contributed by atoms with Crippen LogP contribution in [0.2, 0.25) is 0 Å². The van der Waals surface area contributed by atoms with Gasteiger partial charge in [0.25, 0.3) is 0 Å². The summed E-state index contributed by atoms with van der Waals surface area (Å²) in [7, 11) is 0. The van der Waals surface area contributed by atoms with Gasteiger partial charge < -0.3 is 16.2 Å². The number of anilines is 2. The lowest BCUT2D eigenvalue weighted by Gasteiger charge is -2.22. The van der Waals surface area contributed by atoms with E-state index in [1.54, 1.807) is 0 Å². The van der Waals surface area contributed by atoms with Crippen LogP contribution >= 0.6 is 0 Å². The Morgan fingerprint density at radius 1 is 1.55 bits per heavy atom. The molecule has 110 valence electrons. The first-order chi connectivity index (χ1) is 9.60. The number of benzene rings is 1. The lowest BCUT2D eigenvalue weighted by molar-refractivity contribution is -0.116. The number of aliphatic hydroxyl groups excluding tert-OH is 1. The van der Waals surface area contributed by atoms with Gasteiger partial charge in [-0.2, -0.15) is 0 Å². The first-order valence-corrected chi connectivity index (χ1v) is 6.80. The van der Waals surface area contributed by atoms with Crippen molar-refractivity contribution in [3.63, 3.8) is 0 Å². The van der Waals surface area contributed by atoms with Crippen LogP contribution in [0, 0.1) is 5.82 Å². The van der Waals surface area contributed by atoms with Gasteiger partial charge in [0, 0.05) is 24.7 Å². The average Bonchev–Trinajstić information content (AvgIpc) is 2.88. The number of nitrogens with zero attached hydrogens (tertiary/aromatic N) is 1. The summed E-state index contributed by atoms with van der Waals surface area (Å²) in [4.78, 5) is 13.9. The highest BCUT2D eigenvalue weighted by molar-refractivity contribution is 5.91. The van der Waals surface area contributed by atoms with E-state index in [2.05, 4.69) is 10.2 Å². The summed E-state index contributed by atoms with van der Waals surface area (Å²) >= 11 is 0. The molecule has 1 saturated heterocycles. The number of hydrogen-bond donors (Lipinski definition) is 3. The zero-order valence-electron chi connectivity index (χ0n) is 11.3. The van der Waals surface area contributed by atoms with Crippen molar-refractivity contribution in [1.29, 1.82) is 0 Å². The Kier molecular flexibility index (Phi) is 4.92. The summed E-state index contributed by atoms with van der Waals surface area (Å²) in [5.41, 5.74) is 5.95. The van der Waals surface area contributed by atoms with Crippen LogP contribution in [0.3, 0.4) is 0 Å². The maximum Gasteiger partial charge on any atom is 0.225 e. The highest BCUT2D eigenvalue weighted by atomic mass is 19.1. The van der Waals surface area contributed by atoms with Crippen molar-refractivity contribution >= 4 is 17.3 Å². The minimum absolute atomic E-state index is 0.0164. The van der Waals surface area contributed by atoms with E-state index in [-0.39, 0.29) is 24.2 Å². The number of hydrogen-bond acceptors (Lipinski definition) is 4. The molecule has 0 radical (unpaired) electrons. The molecule has 1 aliphatic rings. The lowest BCUT2D eigenvalue weighted by atomic mass is 10.2. The van der Waals surface area contributed by atoms with E-state index in [9.17, 15) is 14.3 Å². The molecule has 2 rings (SSSR count). The summed E-state index contributed by atoms with van der Waals surface area (Å²) < 4.78 is 13.0. The molecule has 1 amide bonds. The Morgan fingerprint density at radius 2 is 2.35 bits per heavy atom. The zero-order chi connectivity index (χ0) is 14.5. The van der Waals surface area contributed by atoms with Crippen molar-refractivity contribution in [2.75, 3.05) is 30.7 Å². The van der Waals surface area contributed by atoms with Gasteiger partial charge in [-0.05, 0) is 37.6 Å². The van der Waals surface area contributed by atoms with Gasteiger partial charge in [-0.15, -0.1) is 0 Å². The van der Waals surface area contributed by atoms with Crippen molar-refractivity contribution in [2.24, 2.45) is 0 Å². The second kappa shape index (κ2) is 6.67. The maximum atomic E-state index is 13.0. The number of carbonyl (C=O) groups is 1. The second-order valence-electron chi connectivity index (χ2n) is 5.05. The minimum atomic E-state index is -0.495. The van der Waals surface area contributed by atoms with Crippen LogP contribution in [0.25, 0.3) is 0 Å². The van der Waals surface area contributed by atoms with E-state index in [0.717, 1.165) is 19.4 Å². The Labute approximate surface area is 117 Å². The number of nitrogen functional groups attached to an aromatic ring is 1. The molecule has 1 aliphatic heterocycles. The topological polar surface area (TPSA) is 78.6 Å². The van der Waals surface area contributed by atoms with E-state index in [1.165, 1.54) is 18.2 Å². The van der Waals surface area contributed by atoms with Crippen LogP contribution in [0.5, 0.6) is 0 Å². The van der Waals surface area contributed by atoms with E-state index in [0.29, 0.717) is 18.7 Å². The first-order valence-electron chi connectivity index (χ1n) is 6.80. The maximum absolute atomic E-state index is 13.0. The number of aliphatic hydroxyl groups is 1. The fourth-order valence-electron chi connectivity index (χ4n) is 2.49. The fourth-order valence-corrected chi connectivity index (χ4v) is 2.49. The molecule has 1 aromatic rings. The standard InChI is InChI=1S/C14H20FN3O2/c15-12-4-3-10(8-13(12)16)17-14(20)5-7-18-6-1-2-11(18)9-19/h3-4,8,11,19H,1-2,5-7,9,16H2,(H,17,20). The average molecular weight is 281 g/mol. The highest BCUT2D eigenvalue weighted by Crippen LogP contribution is 2.18. The molecule has 0 saturated carbocycles. The Balaban J connectivity index is 1.81. The van der Waals surface area contributed by atoms with Crippen LogP contribution in [-0.4, -0.2) is 41.7 Å². The third kappa shape index (κ3) is 3.68. The molecule has 0 spiro atoms. The molecule has 6 heteroatoms. The van der Waals surface area contributed by atoms with E-state index in [4.69, 9.17) is 5.73 Å². The van der Waals surface area contributed by atoms with Crippen molar-refractivity contribution in [3.05, 3.63) is 24.0 Å². The molecule has 20 heavy (non-hydrogen) atoms. The summed E-state index contributed by atoms with van der Waals surface area (Å²) in [5, 5.41) is 11.9. The SMILES string of the molecule is Nc1cc(NC(=O)CCN2CCCC2CO)ccc1F. The number of carbonyl (C=O) groups excluding carboxylic acids is 1. The Hall–Kier alpha value is -1.66. The molecule has 1 fully saturated rings. The third-order valence-corrected chi connectivity index (χ3v) is 3.62. The number of amides is 1. The number of halogens is 1. The van der Waals surface area contributed by atoms with Crippen molar-refractivity contribution in [3.8, 4) is 0 Å². The molecule has 5 nitrogen and oxygen atoms in total. The van der Waals surface area contributed by atoms with Crippen LogP contribution in [0.15, 0.2) is 18.2 Å². The van der Waals surface area contributed by atoms with Crippen LogP contribution in [0.4, 0.5) is 15.8 Å². The van der Waals surface area contributed by atoms with Gasteiger partial charge in [0.2, 0.25) is 5.91 Å². The summed E-state index contributed by atoms with van der Waals surface area (Å²) in [5.74, 6) is -0.634. The van der Waals surface area contributed by atoms with Gasteiger partial charge in [-0.1, -0.05) is 0 Å². The van der Waals surface area contributed by atoms with Crippen LogP contribution in [0.1, 0.15) is 19.3 Å². The molecule has 4 N–H and O–H groups in total. The summed E-state index contributed by atoms with van der Waals surface area (Å²) in [6.07, 6.45) is 2.38. The van der Waals surface area contributed by atoms with Crippen molar-refractivity contribution < 1.29 is 14.3 Å². The number of likely N-dealkylation sites (tertiary alicyclic amines) is 1. The molecule has 1 unspecified atom stereocenters. The van der Waals surface area contributed by atoms with Crippen LogP contribution in [-0.2, 0) is 4.79 Å². The largest absolute Gasteiger partial charge is 0.396 e. The molecule has 0 aliphatic carbocycles. The predicted octanol–water partition coefficient (Wildman–Crippen LogP) is 1.19. The quantitative estimate of drug-likeness (QED) is 0.708. The van der Waals surface area contributed by atoms with Gasteiger partial charge in [-0.25, -0.2) is 4.39 Å². The monoisotopic (exact) mass is 281 g/mol. The Bertz CT molecular complexity index is 481. The van der Waals surface area contributed by atoms with E-state index < -0.39 is 5.82 Å². The minimum Gasteiger partial charge on any atom is -0.396 e. The molecule has 1 heterocycles. The lowest BCUT2D eigenvalue weighted by Crippen LogP contribution is -2.34. The molecular formula is C14H20FN3O2. The predicted molar refractivity (Wildman–Crippen MR) is 75.7 cm³/mol. The first kappa shape index (κ1) is 14.7. The smallest absolute Gasteiger partial charge is 0.225 e. The summed E-state index contributed by atoms with van der Waals surface area (Å²) in [6, 6.07) is 4.28. The van der Waals surface area contributed by atoms with Crippen molar-refractivity contribution in [1.82, 2.24) is 4.90 Å². The molecule has 0 aromatic heterocycles. The number of nitrogens with two attached hydrogens (primary N) is 1. The second-order valence-corrected chi connectivity index (χ2v) is 5.05. The fraction of sp³-hybridized carbons (Fsp3) is 0.500. The zero-order valence-corrected chi connectivity index (χ0v) is 11.3. The van der Waals surface area contributed by atoms with Crippen LogP contribution < -0.4 is 11.1 Å². The van der Waals surface area contributed by atoms with Gasteiger partial charge in [0.05, 0.1) is 12.3 Å². The van der Waals surface area contributed by atoms with Gasteiger partial charge in [0.1, 0.15) is 5.82 Å². The molecule has 1 atom stereocenters. The normalized spacial score (nSPS) is 19.2. The van der Waals surface area contributed by atoms with Gasteiger partial charge in [0.15, 0.2) is 0 Å². The summed E-state index contributed by atoms with van der Waals surface area (Å²) in [6.45, 7) is 1.67. The number of nitrogens with one attached hydrogen (secondary N) is 1. The Morgan fingerprint density at radius 3 is 3.05 bits per heavy atom. The third-order valence-electron chi connectivity index (χ3n) is 3.62. The van der Waals surface area contributed by atoms with Crippen molar-refractivity contribution in [2.45, 2.75) is 25.3 Å². The molecule has 0 bridgehead atoms. The molecular weight excluding hydrogens is 261 g/mol.